The number of H-pyrrole nitrogens is 1. The summed E-state index contributed by atoms with van der Waals surface area (Å²) < 4.78 is 5.23. The van der Waals surface area contributed by atoms with Gasteiger partial charge in [-0.15, -0.1) is 0 Å². The molecule has 82 valence electrons. The van der Waals surface area contributed by atoms with Gasteiger partial charge in [0, 0.05) is 25.3 Å². The van der Waals surface area contributed by atoms with Crippen LogP contribution in [0, 0.1) is 0 Å². The third kappa shape index (κ3) is 2.57. The predicted octanol–water partition coefficient (Wildman–Crippen LogP) is -0.0873. The Morgan fingerprint density at radius 1 is 1.40 bits per heavy atom. The molecular weight excluding hydrogens is 196 g/mol. The molecule has 1 saturated heterocycles. The maximum Gasteiger partial charge on any atom is 0.290 e. The molecule has 0 aromatic carbocycles. The second kappa shape index (κ2) is 4.46. The van der Waals surface area contributed by atoms with Crippen LogP contribution < -0.4 is 5.56 Å². The summed E-state index contributed by atoms with van der Waals surface area (Å²) in [5.74, 6) is -0.235. The van der Waals surface area contributed by atoms with Crippen molar-refractivity contribution in [3.63, 3.8) is 0 Å². The van der Waals surface area contributed by atoms with E-state index >= 15 is 0 Å². The van der Waals surface area contributed by atoms with E-state index in [1.54, 1.807) is 6.07 Å². The molecule has 2 N–H and O–H groups in total. The second-order valence-electron chi connectivity index (χ2n) is 3.59. The number of morpholine rings is 1. The second-order valence-corrected chi connectivity index (χ2v) is 3.59. The Kier molecular flexibility index (Phi) is 3.03. The fourth-order valence-corrected chi connectivity index (χ4v) is 1.60. The van der Waals surface area contributed by atoms with Gasteiger partial charge in [-0.3, -0.25) is 9.69 Å². The molecule has 2 heterocycles. The molecule has 0 spiro atoms. The maximum atomic E-state index is 11.1. The van der Waals surface area contributed by atoms with Crippen molar-refractivity contribution in [2.24, 2.45) is 0 Å². The number of hydrogen-bond donors (Lipinski definition) is 2. The SMILES string of the molecule is O=c1[nH]c(CN2CCOCC2)ccc1O. The molecule has 0 atom stereocenters. The highest BCUT2D eigenvalue weighted by Gasteiger charge is 2.11. The van der Waals surface area contributed by atoms with Gasteiger partial charge < -0.3 is 14.8 Å². The summed E-state index contributed by atoms with van der Waals surface area (Å²) in [6.45, 7) is 3.93. The third-order valence-corrected chi connectivity index (χ3v) is 2.45. The Balaban J connectivity index is 2.03. The number of aromatic nitrogens is 1. The average molecular weight is 210 g/mol. The molecule has 0 saturated carbocycles. The fraction of sp³-hybridized carbons (Fsp3) is 0.500. The van der Waals surface area contributed by atoms with Gasteiger partial charge in [0.05, 0.1) is 13.2 Å². The standard InChI is InChI=1S/C10H14N2O3/c13-9-2-1-8(11-10(9)14)7-12-3-5-15-6-4-12/h1-2,13H,3-7H2,(H,11,14). The summed E-state index contributed by atoms with van der Waals surface area (Å²) >= 11 is 0. The summed E-state index contributed by atoms with van der Waals surface area (Å²) in [5, 5.41) is 9.07. The molecule has 0 radical (unpaired) electrons. The van der Waals surface area contributed by atoms with E-state index in [1.165, 1.54) is 6.07 Å². The van der Waals surface area contributed by atoms with E-state index in [0.717, 1.165) is 32.0 Å². The summed E-state index contributed by atoms with van der Waals surface area (Å²) in [5.41, 5.74) is 0.389. The number of ether oxygens (including phenoxy) is 1. The molecule has 2 rings (SSSR count). The number of nitrogens with zero attached hydrogens (tertiary/aromatic N) is 1. The largest absolute Gasteiger partial charge is 0.503 e. The van der Waals surface area contributed by atoms with Crippen molar-refractivity contribution in [1.82, 2.24) is 9.88 Å². The minimum absolute atomic E-state index is 0.235. The predicted molar refractivity (Wildman–Crippen MR) is 54.8 cm³/mol. The van der Waals surface area contributed by atoms with E-state index in [0.29, 0.717) is 6.54 Å². The molecule has 1 fully saturated rings. The molecule has 0 bridgehead atoms. The first kappa shape index (κ1) is 10.2. The molecule has 1 aliphatic heterocycles. The van der Waals surface area contributed by atoms with Crippen LogP contribution in [0.4, 0.5) is 0 Å². The van der Waals surface area contributed by atoms with Crippen LogP contribution in [0.5, 0.6) is 5.75 Å². The highest BCUT2D eigenvalue weighted by molar-refractivity contribution is 5.18. The lowest BCUT2D eigenvalue weighted by Gasteiger charge is -2.26. The van der Waals surface area contributed by atoms with Gasteiger partial charge in [-0.05, 0) is 12.1 Å². The van der Waals surface area contributed by atoms with Crippen LogP contribution in [0.1, 0.15) is 5.69 Å². The van der Waals surface area contributed by atoms with Crippen LogP contribution in [-0.2, 0) is 11.3 Å². The molecule has 1 aromatic rings. The van der Waals surface area contributed by atoms with Gasteiger partial charge in [0.2, 0.25) is 0 Å². The number of hydrogen-bond acceptors (Lipinski definition) is 4. The minimum atomic E-state index is -0.430. The van der Waals surface area contributed by atoms with E-state index in [4.69, 9.17) is 9.84 Å². The van der Waals surface area contributed by atoms with Crippen molar-refractivity contribution in [3.05, 3.63) is 28.2 Å². The zero-order valence-electron chi connectivity index (χ0n) is 8.40. The summed E-state index contributed by atoms with van der Waals surface area (Å²) in [6, 6.07) is 3.15. The highest BCUT2D eigenvalue weighted by atomic mass is 16.5. The lowest BCUT2D eigenvalue weighted by molar-refractivity contribution is 0.0336. The first-order valence-corrected chi connectivity index (χ1v) is 4.97. The fourth-order valence-electron chi connectivity index (χ4n) is 1.60. The molecule has 0 amide bonds. The van der Waals surface area contributed by atoms with Crippen LogP contribution in [-0.4, -0.2) is 41.3 Å². The van der Waals surface area contributed by atoms with Gasteiger partial charge in [-0.2, -0.15) is 0 Å². The van der Waals surface area contributed by atoms with Crippen molar-refractivity contribution in [2.75, 3.05) is 26.3 Å². The first-order valence-electron chi connectivity index (χ1n) is 4.97. The van der Waals surface area contributed by atoms with Crippen molar-refractivity contribution in [1.29, 1.82) is 0 Å². The van der Waals surface area contributed by atoms with Crippen molar-refractivity contribution >= 4 is 0 Å². The van der Waals surface area contributed by atoms with Crippen LogP contribution >= 0.6 is 0 Å². The number of nitrogens with one attached hydrogen (secondary N) is 1. The quantitative estimate of drug-likeness (QED) is 0.716. The zero-order chi connectivity index (χ0) is 10.7. The number of aromatic amines is 1. The molecule has 1 aliphatic rings. The number of rotatable bonds is 2. The molecule has 5 heteroatoms. The van der Waals surface area contributed by atoms with E-state index in [2.05, 4.69) is 9.88 Å². The van der Waals surface area contributed by atoms with Crippen LogP contribution in [0.15, 0.2) is 16.9 Å². The van der Waals surface area contributed by atoms with Crippen molar-refractivity contribution in [2.45, 2.75) is 6.54 Å². The third-order valence-electron chi connectivity index (χ3n) is 2.45. The van der Waals surface area contributed by atoms with Crippen LogP contribution in [0.2, 0.25) is 0 Å². The average Bonchev–Trinajstić information content (AvgIpc) is 2.25. The van der Waals surface area contributed by atoms with E-state index in [1.807, 2.05) is 0 Å². The Labute approximate surface area is 87.3 Å². The smallest absolute Gasteiger partial charge is 0.290 e. The zero-order valence-corrected chi connectivity index (χ0v) is 8.40. The van der Waals surface area contributed by atoms with Crippen molar-refractivity contribution < 1.29 is 9.84 Å². The molecular formula is C10H14N2O3. The summed E-state index contributed by atoms with van der Waals surface area (Å²) in [4.78, 5) is 16.0. The molecule has 0 aliphatic carbocycles. The highest BCUT2D eigenvalue weighted by Crippen LogP contribution is 2.05. The topological polar surface area (TPSA) is 65.6 Å². The van der Waals surface area contributed by atoms with Gasteiger partial charge in [-0.25, -0.2) is 0 Å². The minimum Gasteiger partial charge on any atom is -0.503 e. The lowest BCUT2D eigenvalue weighted by atomic mass is 10.3. The Morgan fingerprint density at radius 3 is 2.80 bits per heavy atom. The van der Waals surface area contributed by atoms with Gasteiger partial charge in [0.1, 0.15) is 0 Å². The maximum absolute atomic E-state index is 11.1. The Bertz CT molecular complexity index is 382. The van der Waals surface area contributed by atoms with Gasteiger partial charge in [0.15, 0.2) is 5.75 Å². The molecule has 0 unspecified atom stereocenters. The molecule has 5 nitrogen and oxygen atoms in total. The van der Waals surface area contributed by atoms with E-state index in [9.17, 15) is 4.79 Å². The lowest BCUT2D eigenvalue weighted by Crippen LogP contribution is -2.36. The van der Waals surface area contributed by atoms with Gasteiger partial charge in [-0.1, -0.05) is 0 Å². The molecule has 15 heavy (non-hydrogen) atoms. The molecule has 1 aromatic heterocycles. The first-order chi connectivity index (χ1) is 7.25. The summed E-state index contributed by atoms with van der Waals surface area (Å²) in [6.07, 6.45) is 0. The van der Waals surface area contributed by atoms with Crippen molar-refractivity contribution in [3.8, 4) is 5.75 Å². The van der Waals surface area contributed by atoms with Gasteiger partial charge >= 0.3 is 0 Å². The summed E-state index contributed by atoms with van der Waals surface area (Å²) in [7, 11) is 0. The van der Waals surface area contributed by atoms with Gasteiger partial charge in [0.25, 0.3) is 5.56 Å². The van der Waals surface area contributed by atoms with Crippen LogP contribution in [0.3, 0.4) is 0 Å². The van der Waals surface area contributed by atoms with Crippen LogP contribution in [0.25, 0.3) is 0 Å². The number of pyridine rings is 1. The Morgan fingerprint density at radius 2 is 2.13 bits per heavy atom. The Hall–Kier alpha value is -1.33. The number of aromatic hydroxyl groups is 1. The van der Waals surface area contributed by atoms with E-state index < -0.39 is 5.56 Å². The normalized spacial score (nSPS) is 17.9. The monoisotopic (exact) mass is 210 g/mol. The van der Waals surface area contributed by atoms with E-state index in [-0.39, 0.29) is 5.75 Å².